The van der Waals surface area contributed by atoms with Gasteiger partial charge in [-0.15, -0.1) is 5.11 Å². The molecule has 0 unspecified atom stereocenters. The SMILES string of the molecule is Cc1cc(N=Nc2c(O)ccc3cc(S(=O)(=O)O)ccc23)ccc1[N+](=O)[O-]. The lowest BCUT2D eigenvalue weighted by molar-refractivity contribution is -0.385. The minimum atomic E-state index is -4.36. The fraction of sp³-hybridized carbons (Fsp3) is 0.0588. The van der Waals surface area contributed by atoms with E-state index in [0.29, 0.717) is 22.0 Å². The number of nitro groups is 1. The van der Waals surface area contributed by atoms with Crippen LogP contribution in [0.3, 0.4) is 0 Å². The van der Waals surface area contributed by atoms with Gasteiger partial charge in [0, 0.05) is 17.0 Å². The predicted octanol–water partition coefficient (Wildman–Crippen LogP) is 4.42. The molecular formula is C17H13N3O6S. The lowest BCUT2D eigenvalue weighted by Crippen LogP contribution is -1.97. The summed E-state index contributed by atoms with van der Waals surface area (Å²) in [5.41, 5.74) is 0.825. The van der Waals surface area contributed by atoms with Crippen molar-refractivity contribution in [3.05, 3.63) is 64.2 Å². The number of fused-ring (bicyclic) bond motifs is 1. The maximum atomic E-state index is 11.3. The molecule has 0 radical (unpaired) electrons. The fourth-order valence-corrected chi connectivity index (χ4v) is 3.08. The van der Waals surface area contributed by atoms with E-state index < -0.39 is 15.0 Å². The Kier molecular flexibility index (Phi) is 4.60. The average molecular weight is 387 g/mol. The van der Waals surface area contributed by atoms with Gasteiger partial charge in [-0.05, 0) is 42.6 Å². The maximum Gasteiger partial charge on any atom is 0.294 e. The van der Waals surface area contributed by atoms with Crippen molar-refractivity contribution in [2.24, 2.45) is 10.2 Å². The largest absolute Gasteiger partial charge is 0.506 e. The van der Waals surface area contributed by atoms with E-state index >= 15 is 0 Å². The first kappa shape index (κ1) is 18.4. The maximum absolute atomic E-state index is 11.3. The Hall–Kier alpha value is -3.37. The molecular weight excluding hydrogens is 374 g/mol. The molecule has 0 saturated carbocycles. The number of aryl methyl sites for hydroxylation is 1. The number of hydrogen-bond donors (Lipinski definition) is 2. The number of azo groups is 1. The van der Waals surface area contributed by atoms with Crippen LogP contribution in [0.5, 0.6) is 5.75 Å². The second-order valence-electron chi connectivity index (χ2n) is 5.72. The van der Waals surface area contributed by atoms with Crippen molar-refractivity contribution in [1.82, 2.24) is 0 Å². The zero-order chi connectivity index (χ0) is 19.8. The highest BCUT2D eigenvalue weighted by molar-refractivity contribution is 7.85. The van der Waals surface area contributed by atoms with Crippen molar-refractivity contribution in [3.63, 3.8) is 0 Å². The fourth-order valence-electron chi connectivity index (χ4n) is 2.56. The standard InChI is InChI=1S/C17H13N3O6S/c1-10-8-12(3-6-15(10)20(22)23)18-19-17-14-5-4-13(27(24,25)26)9-11(14)2-7-16(17)21/h2-9,21H,1H3,(H,24,25,26). The molecule has 9 nitrogen and oxygen atoms in total. The van der Waals surface area contributed by atoms with Gasteiger partial charge in [0.25, 0.3) is 15.8 Å². The van der Waals surface area contributed by atoms with Gasteiger partial charge in [-0.3, -0.25) is 14.7 Å². The molecule has 0 amide bonds. The van der Waals surface area contributed by atoms with Gasteiger partial charge in [-0.2, -0.15) is 13.5 Å². The Morgan fingerprint density at radius 2 is 1.78 bits per heavy atom. The van der Waals surface area contributed by atoms with Crippen LogP contribution in [-0.4, -0.2) is 23.0 Å². The van der Waals surface area contributed by atoms with E-state index in [9.17, 15) is 23.6 Å². The molecule has 0 spiro atoms. The van der Waals surface area contributed by atoms with E-state index in [-0.39, 0.29) is 22.0 Å². The second-order valence-corrected chi connectivity index (χ2v) is 7.14. The minimum Gasteiger partial charge on any atom is -0.506 e. The van der Waals surface area contributed by atoms with Gasteiger partial charge < -0.3 is 5.11 Å². The normalized spacial score (nSPS) is 11.9. The molecule has 2 N–H and O–H groups in total. The molecule has 0 heterocycles. The van der Waals surface area contributed by atoms with Crippen molar-refractivity contribution in [1.29, 1.82) is 0 Å². The zero-order valence-corrected chi connectivity index (χ0v) is 14.7. The minimum absolute atomic E-state index is 0.0419. The Morgan fingerprint density at radius 3 is 2.41 bits per heavy atom. The number of hydrogen-bond acceptors (Lipinski definition) is 7. The van der Waals surface area contributed by atoms with Crippen LogP contribution in [0.25, 0.3) is 10.8 Å². The summed E-state index contributed by atoms with van der Waals surface area (Å²) in [5.74, 6) is -0.176. The molecule has 10 heteroatoms. The van der Waals surface area contributed by atoms with E-state index in [1.807, 2.05) is 0 Å². The second kappa shape index (κ2) is 6.74. The number of aromatic hydroxyl groups is 1. The Morgan fingerprint density at radius 1 is 1.04 bits per heavy atom. The quantitative estimate of drug-likeness (QED) is 0.293. The highest BCUT2D eigenvalue weighted by atomic mass is 32.2. The highest BCUT2D eigenvalue weighted by Crippen LogP contribution is 2.37. The number of phenols is 1. The van der Waals surface area contributed by atoms with Crippen LogP contribution in [0, 0.1) is 17.0 Å². The van der Waals surface area contributed by atoms with Crippen LogP contribution in [0.1, 0.15) is 5.56 Å². The van der Waals surface area contributed by atoms with Crippen LogP contribution in [0.2, 0.25) is 0 Å². The van der Waals surface area contributed by atoms with Gasteiger partial charge in [0.2, 0.25) is 0 Å². The third-order valence-electron chi connectivity index (χ3n) is 3.88. The molecule has 0 aromatic heterocycles. The highest BCUT2D eigenvalue weighted by Gasteiger charge is 2.14. The summed E-state index contributed by atoms with van der Waals surface area (Å²) >= 11 is 0. The first-order valence-electron chi connectivity index (χ1n) is 7.57. The summed E-state index contributed by atoms with van der Waals surface area (Å²) in [7, 11) is -4.36. The third-order valence-corrected chi connectivity index (χ3v) is 4.73. The van der Waals surface area contributed by atoms with E-state index in [1.165, 1.54) is 48.5 Å². The predicted molar refractivity (Wildman–Crippen MR) is 97.4 cm³/mol. The van der Waals surface area contributed by atoms with Crippen LogP contribution < -0.4 is 0 Å². The lowest BCUT2D eigenvalue weighted by Gasteiger charge is -2.06. The molecule has 27 heavy (non-hydrogen) atoms. The number of phenolic OH excluding ortho intramolecular Hbond substituents is 1. The summed E-state index contributed by atoms with van der Waals surface area (Å²) in [4.78, 5) is 10.1. The van der Waals surface area contributed by atoms with Crippen LogP contribution >= 0.6 is 0 Å². The van der Waals surface area contributed by atoms with Crippen LogP contribution in [0.4, 0.5) is 17.1 Å². The number of rotatable bonds is 4. The molecule has 3 aromatic carbocycles. The molecule has 138 valence electrons. The number of benzene rings is 3. The smallest absolute Gasteiger partial charge is 0.294 e. The number of nitro benzene ring substituents is 1. The summed E-state index contributed by atoms with van der Waals surface area (Å²) in [6, 6.07) is 10.9. The monoisotopic (exact) mass is 387 g/mol. The van der Waals surface area contributed by atoms with Crippen molar-refractivity contribution >= 4 is 38.0 Å². The topological polar surface area (TPSA) is 142 Å². The van der Waals surface area contributed by atoms with Crippen molar-refractivity contribution in [2.45, 2.75) is 11.8 Å². The lowest BCUT2D eigenvalue weighted by atomic mass is 10.1. The Balaban J connectivity index is 2.06. The van der Waals surface area contributed by atoms with E-state index in [0.717, 1.165) is 0 Å². The molecule has 3 rings (SSSR count). The van der Waals surface area contributed by atoms with Gasteiger partial charge >= 0.3 is 0 Å². The van der Waals surface area contributed by atoms with Crippen molar-refractivity contribution < 1.29 is 23.0 Å². The van der Waals surface area contributed by atoms with Gasteiger partial charge in [-0.1, -0.05) is 12.1 Å². The van der Waals surface area contributed by atoms with Gasteiger partial charge in [0.15, 0.2) is 0 Å². The third kappa shape index (κ3) is 3.76. The summed E-state index contributed by atoms with van der Waals surface area (Å²) < 4.78 is 31.7. The molecule has 0 fully saturated rings. The average Bonchev–Trinajstić information content (AvgIpc) is 2.59. The summed E-state index contributed by atoms with van der Waals surface area (Å²) in [6.07, 6.45) is 0. The molecule has 0 aliphatic rings. The van der Waals surface area contributed by atoms with Crippen molar-refractivity contribution in [3.8, 4) is 5.75 Å². The van der Waals surface area contributed by atoms with E-state index in [4.69, 9.17) is 4.55 Å². The van der Waals surface area contributed by atoms with Gasteiger partial charge in [0.05, 0.1) is 15.5 Å². The summed E-state index contributed by atoms with van der Waals surface area (Å²) in [6.45, 7) is 1.57. The Bertz CT molecular complexity index is 1200. The molecule has 0 saturated heterocycles. The molecule has 0 bridgehead atoms. The van der Waals surface area contributed by atoms with Crippen molar-refractivity contribution in [2.75, 3.05) is 0 Å². The molecule has 3 aromatic rings. The first-order valence-corrected chi connectivity index (χ1v) is 9.01. The van der Waals surface area contributed by atoms with Gasteiger partial charge in [-0.25, -0.2) is 0 Å². The van der Waals surface area contributed by atoms with Crippen LogP contribution in [-0.2, 0) is 10.1 Å². The molecule has 0 aliphatic heterocycles. The molecule has 0 atom stereocenters. The zero-order valence-electron chi connectivity index (χ0n) is 13.9. The van der Waals surface area contributed by atoms with E-state index in [2.05, 4.69) is 10.2 Å². The van der Waals surface area contributed by atoms with E-state index in [1.54, 1.807) is 6.92 Å². The van der Waals surface area contributed by atoms with Crippen LogP contribution in [0.15, 0.2) is 63.7 Å². The summed E-state index contributed by atoms with van der Waals surface area (Å²) in [5, 5.41) is 29.8. The Labute approximate surface area is 153 Å². The van der Waals surface area contributed by atoms with Gasteiger partial charge in [0.1, 0.15) is 11.4 Å². The molecule has 0 aliphatic carbocycles. The number of nitrogens with zero attached hydrogens (tertiary/aromatic N) is 3. The first-order chi connectivity index (χ1) is 12.7.